The molecule has 3 aliphatic heterocycles. The van der Waals surface area contributed by atoms with Gasteiger partial charge in [-0.3, -0.25) is 0 Å². The quantitative estimate of drug-likeness (QED) is 0.479. The van der Waals surface area contributed by atoms with Gasteiger partial charge in [-0.05, 0) is 70.6 Å². The van der Waals surface area contributed by atoms with Crippen LogP contribution in [-0.2, 0) is 23.7 Å². The molecule has 4 unspecified atom stereocenters. The molecule has 4 rings (SSSR count). The lowest BCUT2D eigenvalue weighted by Gasteiger charge is -2.31. The second-order valence-corrected chi connectivity index (χ2v) is 10.6. The van der Waals surface area contributed by atoms with Crippen LogP contribution in [0.3, 0.4) is 0 Å². The van der Waals surface area contributed by atoms with Crippen LogP contribution in [0.15, 0.2) is 23.8 Å². The number of rotatable bonds is 9. The predicted molar refractivity (Wildman–Crippen MR) is 126 cm³/mol. The lowest BCUT2D eigenvalue weighted by molar-refractivity contribution is -0.196. The minimum atomic E-state index is -0.665. The van der Waals surface area contributed by atoms with Crippen LogP contribution in [0.2, 0.25) is 0 Å². The van der Waals surface area contributed by atoms with E-state index in [1.165, 1.54) is 5.57 Å². The van der Waals surface area contributed by atoms with Gasteiger partial charge in [0.25, 0.3) is 0 Å². The van der Waals surface area contributed by atoms with Crippen LogP contribution in [0.25, 0.3) is 0 Å². The number of ether oxygens (including phenoxy) is 5. The van der Waals surface area contributed by atoms with Gasteiger partial charge in [0.1, 0.15) is 0 Å². The summed E-state index contributed by atoms with van der Waals surface area (Å²) in [5, 5.41) is 10.1. The summed E-state index contributed by atoms with van der Waals surface area (Å²) in [5.41, 5.74) is 1.33. The van der Waals surface area contributed by atoms with Crippen molar-refractivity contribution in [2.45, 2.75) is 116 Å². The topological polar surface area (TPSA) is 66.4 Å². The van der Waals surface area contributed by atoms with Crippen LogP contribution in [0.1, 0.15) is 78.6 Å². The number of aliphatic hydroxyl groups is 1. The van der Waals surface area contributed by atoms with E-state index in [4.69, 9.17) is 23.7 Å². The highest BCUT2D eigenvalue weighted by Gasteiger charge is 2.49. The van der Waals surface area contributed by atoms with E-state index >= 15 is 0 Å². The fourth-order valence-electron chi connectivity index (χ4n) is 5.62. The Balaban J connectivity index is 1.46. The van der Waals surface area contributed by atoms with Crippen LogP contribution in [0.5, 0.6) is 0 Å². The highest BCUT2D eigenvalue weighted by atomic mass is 16.7. The first-order valence-electron chi connectivity index (χ1n) is 13.2. The van der Waals surface area contributed by atoms with E-state index in [1.54, 1.807) is 0 Å². The molecule has 6 heteroatoms. The van der Waals surface area contributed by atoms with Gasteiger partial charge < -0.3 is 28.8 Å². The van der Waals surface area contributed by atoms with Crippen LogP contribution in [-0.4, -0.2) is 55.5 Å². The number of aliphatic hydroxyl groups excluding tert-OH is 1. The maximum atomic E-state index is 10.1. The summed E-state index contributed by atoms with van der Waals surface area (Å²) in [6.07, 6.45) is 14.8. The number of hydrogen-bond donors (Lipinski definition) is 1. The first kappa shape index (κ1) is 25.3. The summed E-state index contributed by atoms with van der Waals surface area (Å²) in [5.74, 6) is 0.793. The van der Waals surface area contributed by atoms with Crippen LogP contribution >= 0.6 is 0 Å². The van der Waals surface area contributed by atoms with Crippen molar-refractivity contribution in [3.05, 3.63) is 23.8 Å². The molecule has 3 saturated heterocycles. The first-order chi connectivity index (χ1) is 16.0. The minimum absolute atomic E-state index is 0.0263. The van der Waals surface area contributed by atoms with Crippen molar-refractivity contribution in [3.63, 3.8) is 0 Å². The van der Waals surface area contributed by atoms with Gasteiger partial charge >= 0.3 is 0 Å². The summed E-state index contributed by atoms with van der Waals surface area (Å²) in [6.45, 7) is 8.09. The van der Waals surface area contributed by atoms with E-state index in [2.05, 4.69) is 39.0 Å². The summed E-state index contributed by atoms with van der Waals surface area (Å²) < 4.78 is 30.5. The zero-order valence-corrected chi connectivity index (χ0v) is 20.7. The molecule has 33 heavy (non-hydrogen) atoms. The monoisotopic (exact) mass is 464 g/mol. The van der Waals surface area contributed by atoms with Crippen LogP contribution < -0.4 is 0 Å². The van der Waals surface area contributed by atoms with Crippen molar-refractivity contribution >= 4 is 0 Å². The molecule has 0 aromatic carbocycles. The van der Waals surface area contributed by atoms with Crippen molar-refractivity contribution in [1.82, 2.24) is 0 Å². The van der Waals surface area contributed by atoms with Gasteiger partial charge in [0.15, 0.2) is 18.9 Å². The first-order valence-corrected chi connectivity index (χ1v) is 13.2. The molecule has 1 aliphatic carbocycles. The van der Waals surface area contributed by atoms with Crippen molar-refractivity contribution in [1.29, 1.82) is 0 Å². The lowest BCUT2D eigenvalue weighted by Crippen LogP contribution is -2.32. The molecular formula is C27H44O6. The molecule has 6 nitrogen and oxygen atoms in total. The standard InChI is InChI=1S/C27H44O6/c1-18(2)10-11-19(3)22(32-26-8-4-6-14-29-26)13-12-20-21-16-25(28)31-24(21)17-23(20)33-27-9-5-7-15-30-27/h10,12-13,19-28H,4-9,11,14-17H2,1-3H3/b13-12+/t19?,20-,21-,22+,23-,24+,25?,26?,27?/m1/s1. The summed E-state index contributed by atoms with van der Waals surface area (Å²) in [6, 6.07) is 0. The predicted octanol–water partition coefficient (Wildman–Crippen LogP) is 5.10. The van der Waals surface area contributed by atoms with E-state index in [9.17, 15) is 5.11 Å². The van der Waals surface area contributed by atoms with Gasteiger partial charge in [0, 0.05) is 32.0 Å². The fourth-order valence-corrected chi connectivity index (χ4v) is 5.62. The Hall–Kier alpha value is -0.760. The van der Waals surface area contributed by atoms with E-state index < -0.39 is 6.29 Å². The van der Waals surface area contributed by atoms with E-state index in [-0.39, 0.29) is 42.7 Å². The Labute approximate surface area is 199 Å². The molecule has 0 spiro atoms. The molecule has 4 aliphatic rings. The summed E-state index contributed by atoms with van der Waals surface area (Å²) in [4.78, 5) is 0. The van der Waals surface area contributed by atoms with Crippen LogP contribution in [0, 0.1) is 17.8 Å². The molecule has 0 bridgehead atoms. The van der Waals surface area contributed by atoms with Crippen molar-refractivity contribution in [2.75, 3.05) is 13.2 Å². The second kappa shape index (κ2) is 12.3. The third-order valence-corrected chi connectivity index (χ3v) is 7.56. The Morgan fingerprint density at radius 2 is 1.76 bits per heavy atom. The molecule has 3 heterocycles. The zero-order valence-electron chi connectivity index (χ0n) is 20.7. The van der Waals surface area contributed by atoms with Gasteiger partial charge in [-0.2, -0.15) is 0 Å². The Kier molecular flexibility index (Phi) is 9.43. The SMILES string of the molecule is CC(C)=CCC(C)[C@H](/C=C/[C@@H]1[C@H]2CC(O)O[C@H]2C[C@H]1OC1CCCCO1)OC1CCCCO1. The van der Waals surface area contributed by atoms with E-state index in [0.29, 0.717) is 12.3 Å². The van der Waals surface area contributed by atoms with Gasteiger partial charge in [-0.25, -0.2) is 0 Å². The molecule has 0 aromatic rings. The van der Waals surface area contributed by atoms with E-state index in [0.717, 1.165) is 64.6 Å². The van der Waals surface area contributed by atoms with Gasteiger partial charge in [-0.1, -0.05) is 30.7 Å². The summed E-state index contributed by atoms with van der Waals surface area (Å²) in [7, 11) is 0. The Bertz CT molecular complexity index is 647. The van der Waals surface area contributed by atoms with Gasteiger partial charge in [-0.15, -0.1) is 0 Å². The largest absolute Gasteiger partial charge is 0.368 e. The normalized spacial score (nSPS) is 38.8. The number of hydrogen-bond acceptors (Lipinski definition) is 6. The highest BCUT2D eigenvalue weighted by molar-refractivity contribution is 5.08. The summed E-state index contributed by atoms with van der Waals surface area (Å²) >= 11 is 0. The third-order valence-electron chi connectivity index (χ3n) is 7.56. The molecule has 1 saturated carbocycles. The van der Waals surface area contributed by atoms with Crippen molar-refractivity contribution in [3.8, 4) is 0 Å². The molecule has 1 N–H and O–H groups in total. The molecular weight excluding hydrogens is 420 g/mol. The Morgan fingerprint density at radius 1 is 1.03 bits per heavy atom. The van der Waals surface area contributed by atoms with Gasteiger partial charge in [0.2, 0.25) is 0 Å². The molecule has 9 atom stereocenters. The van der Waals surface area contributed by atoms with Crippen molar-refractivity contribution < 1.29 is 28.8 Å². The Morgan fingerprint density at radius 3 is 2.42 bits per heavy atom. The van der Waals surface area contributed by atoms with Crippen molar-refractivity contribution in [2.24, 2.45) is 17.8 Å². The smallest absolute Gasteiger partial charge is 0.158 e. The minimum Gasteiger partial charge on any atom is -0.368 e. The molecule has 188 valence electrons. The molecule has 4 fully saturated rings. The van der Waals surface area contributed by atoms with Crippen LogP contribution in [0.4, 0.5) is 0 Å². The average molecular weight is 465 g/mol. The highest BCUT2D eigenvalue weighted by Crippen LogP contribution is 2.45. The average Bonchev–Trinajstić information content (AvgIpc) is 3.31. The zero-order chi connectivity index (χ0) is 23.2. The van der Waals surface area contributed by atoms with E-state index in [1.807, 2.05) is 0 Å². The maximum absolute atomic E-state index is 10.1. The number of allylic oxidation sites excluding steroid dienone is 2. The molecule has 0 aromatic heterocycles. The third kappa shape index (κ3) is 7.12. The fraction of sp³-hybridized carbons (Fsp3) is 0.852. The van der Waals surface area contributed by atoms with Gasteiger partial charge in [0.05, 0.1) is 18.3 Å². The maximum Gasteiger partial charge on any atom is 0.158 e. The molecule has 0 radical (unpaired) electrons. The number of fused-ring (bicyclic) bond motifs is 1. The lowest BCUT2D eigenvalue weighted by atomic mass is 9.89. The second-order valence-electron chi connectivity index (χ2n) is 10.6. The molecule has 0 amide bonds.